The van der Waals surface area contributed by atoms with E-state index in [1.165, 1.54) is 27.5 Å². The first-order chi connectivity index (χ1) is 24.9. The molecule has 0 radical (unpaired) electrons. The van der Waals surface area contributed by atoms with Crippen molar-refractivity contribution < 1.29 is 22.8 Å². The number of aromatic nitrogens is 7. The number of rotatable bonds is 10. The largest absolute Gasteiger partial charge is 0.440 e. The molecule has 0 spiro atoms. The van der Waals surface area contributed by atoms with Crippen molar-refractivity contribution in [2.24, 2.45) is 5.92 Å². The van der Waals surface area contributed by atoms with E-state index in [1.807, 2.05) is 32.0 Å². The minimum Gasteiger partial charge on any atom is -0.440 e. The van der Waals surface area contributed by atoms with Gasteiger partial charge in [-0.05, 0) is 69.7 Å². The molecule has 1 N–H and O–H groups in total. The topological polar surface area (TPSA) is 136 Å². The number of fused-ring (bicyclic) bond motifs is 1. The Labute approximate surface area is 306 Å². The molecular formula is C36H34ClF2N9O3S. The highest BCUT2D eigenvalue weighted by molar-refractivity contribution is 7.99. The summed E-state index contributed by atoms with van der Waals surface area (Å²) < 4.78 is 39.7. The van der Waals surface area contributed by atoms with Gasteiger partial charge in [0, 0.05) is 45.7 Å². The van der Waals surface area contributed by atoms with Crippen molar-refractivity contribution in [3.8, 4) is 22.6 Å². The molecule has 7 rings (SSSR count). The quantitative estimate of drug-likeness (QED) is 0.158. The molecule has 2 atom stereocenters. The predicted octanol–water partition coefficient (Wildman–Crippen LogP) is 6.97. The van der Waals surface area contributed by atoms with Gasteiger partial charge in [-0.15, -0.1) is 16.9 Å². The van der Waals surface area contributed by atoms with E-state index >= 15 is 8.78 Å². The number of hydrogen-bond acceptors (Lipinski definition) is 9. The van der Waals surface area contributed by atoms with Crippen LogP contribution < -0.4 is 5.32 Å². The smallest absolute Gasteiger partial charge is 0.269 e. The summed E-state index contributed by atoms with van der Waals surface area (Å²) in [5.74, 6) is -3.49. The third-order valence-corrected chi connectivity index (χ3v) is 10.3. The van der Waals surface area contributed by atoms with Crippen LogP contribution in [0.3, 0.4) is 0 Å². The molecule has 2 aromatic carbocycles. The number of likely N-dealkylation sites (tertiary alicyclic amines) is 1. The zero-order valence-corrected chi connectivity index (χ0v) is 30.0. The highest BCUT2D eigenvalue weighted by Gasteiger charge is 2.46. The van der Waals surface area contributed by atoms with Crippen LogP contribution in [0, 0.1) is 19.8 Å². The Hall–Kier alpha value is -5.15. The van der Waals surface area contributed by atoms with Crippen LogP contribution in [0.1, 0.15) is 41.0 Å². The molecule has 0 bridgehead atoms. The Bertz CT molecular complexity index is 2240. The van der Waals surface area contributed by atoms with Crippen LogP contribution in [0.4, 0.5) is 14.5 Å². The maximum atomic E-state index is 15.4. The van der Waals surface area contributed by atoms with Gasteiger partial charge in [0.05, 0.1) is 42.7 Å². The second-order valence-electron chi connectivity index (χ2n) is 12.8. The summed E-state index contributed by atoms with van der Waals surface area (Å²) in [6.45, 7) is 4.96. The number of thioether (sulfide) groups is 1. The van der Waals surface area contributed by atoms with Crippen LogP contribution >= 0.6 is 23.4 Å². The number of nitrogens with zero attached hydrogens (tertiary/aromatic N) is 8. The van der Waals surface area contributed by atoms with Gasteiger partial charge in [0.25, 0.3) is 11.8 Å². The summed E-state index contributed by atoms with van der Waals surface area (Å²) in [5.41, 5.74) is 5.07. The fraction of sp³-hybridized carbons (Fsp3) is 0.306. The number of aryl methyl sites for hydroxylation is 2. The molecule has 52 heavy (non-hydrogen) atoms. The number of anilines is 1. The lowest BCUT2D eigenvalue weighted by Crippen LogP contribution is -2.53. The Morgan fingerprint density at radius 1 is 1.10 bits per heavy atom. The summed E-state index contributed by atoms with van der Waals surface area (Å²) in [6, 6.07) is 16.0. The standard InChI is InChI=1S/C36H34ClF2N9O3S/c1-21-14-22(2)48-33(42-21)29(15-41-48)34(49)43-28-10-6-24(7-11-28)30-18-47(45-44-30)17-26-12-13-46(20-36(26,38)39)35(50)23(3)52-19-32-40-16-31(51-32)25-4-8-27(37)9-5-25/h4-11,14-16,18,23,26H,12-13,17,19-20H2,1-3H3,(H,43,49). The third kappa shape index (κ3) is 7.55. The predicted molar refractivity (Wildman–Crippen MR) is 193 cm³/mol. The molecule has 1 saturated heterocycles. The lowest BCUT2D eigenvalue weighted by Gasteiger charge is -2.39. The van der Waals surface area contributed by atoms with Gasteiger partial charge >= 0.3 is 0 Å². The van der Waals surface area contributed by atoms with Crippen molar-refractivity contribution >= 4 is 46.5 Å². The van der Waals surface area contributed by atoms with E-state index in [4.69, 9.17) is 16.0 Å². The lowest BCUT2D eigenvalue weighted by molar-refractivity contribution is -0.151. The van der Waals surface area contributed by atoms with Gasteiger partial charge < -0.3 is 14.6 Å². The average molecular weight is 746 g/mol. The zero-order chi connectivity index (χ0) is 36.6. The molecule has 5 heterocycles. The van der Waals surface area contributed by atoms with Crippen molar-refractivity contribution in [1.82, 2.24) is 39.5 Å². The molecule has 0 aliphatic carbocycles. The maximum absolute atomic E-state index is 15.4. The molecule has 1 aliphatic heterocycles. The summed E-state index contributed by atoms with van der Waals surface area (Å²) in [7, 11) is 0. The molecule has 12 nitrogen and oxygen atoms in total. The molecule has 268 valence electrons. The number of alkyl halides is 2. The maximum Gasteiger partial charge on any atom is 0.269 e. The minimum atomic E-state index is -3.12. The molecule has 1 fully saturated rings. The fourth-order valence-electron chi connectivity index (χ4n) is 6.15. The van der Waals surface area contributed by atoms with E-state index < -0.39 is 23.6 Å². The number of piperidine rings is 1. The van der Waals surface area contributed by atoms with Crippen molar-refractivity contribution in [2.45, 2.75) is 50.7 Å². The number of hydrogen-bond donors (Lipinski definition) is 1. The second-order valence-corrected chi connectivity index (χ2v) is 14.5. The van der Waals surface area contributed by atoms with E-state index in [2.05, 4.69) is 30.7 Å². The van der Waals surface area contributed by atoms with E-state index in [0.29, 0.717) is 50.6 Å². The van der Waals surface area contributed by atoms with Gasteiger partial charge in [-0.3, -0.25) is 14.3 Å². The molecule has 16 heteroatoms. The van der Waals surface area contributed by atoms with Crippen molar-refractivity contribution in [1.29, 1.82) is 0 Å². The number of oxazole rings is 1. The van der Waals surface area contributed by atoms with E-state index in [1.54, 1.807) is 60.2 Å². The first kappa shape index (κ1) is 35.3. The molecule has 6 aromatic rings. The number of nitrogens with one attached hydrogen (secondary N) is 1. The molecule has 0 saturated carbocycles. The highest BCUT2D eigenvalue weighted by atomic mass is 35.5. The van der Waals surface area contributed by atoms with E-state index in [-0.39, 0.29) is 31.3 Å². The summed E-state index contributed by atoms with van der Waals surface area (Å²) >= 11 is 7.24. The molecule has 1 aliphatic rings. The monoisotopic (exact) mass is 745 g/mol. The lowest BCUT2D eigenvalue weighted by atomic mass is 9.92. The minimum absolute atomic E-state index is 0.0484. The normalized spacial score (nSPS) is 16.3. The molecular weight excluding hydrogens is 712 g/mol. The Morgan fingerprint density at radius 3 is 2.60 bits per heavy atom. The second kappa shape index (κ2) is 14.5. The van der Waals surface area contributed by atoms with E-state index in [9.17, 15) is 9.59 Å². The van der Waals surface area contributed by atoms with Crippen LogP contribution in [0.2, 0.25) is 5.02 Å². The summed E-state index contributed by atoms with van der Waals surface area (Å²) in [6.07, 6.45) is 4.84. The van der Waals surface area contributed by atoms with Gasteiger partial charge in [0.1, 0.15) is 11.3 Å². The van der Waals surface area contributed by atoms with Crippen LogP contribution in [-0.2, 0) is 17.1 Å². The first-order valence-corrected chi connectivity index (χ1v) is 18.0. The van der Waals surface area contributed by atoms with Crippen LogP contribution in [0.15, 0.2) is 77.6 Å². The molecule has 4 aromatic heterocycles. The highest BCUT2D eigenvalue weighted by Crippen LogP contribution is 2.35. The van der Waals surface area contributed by atoms with E-state index in [0.717, 1.165) is 17.0 Å². The van der Waals surface area contributed by atoms with Crippen LogP contribution in [0.25, 0.3) is 28.2 Å². The number of amides is 2. The SMILES string of the molecule is Cc1cc(C)n2ncc(C(=O)Nc3ccc(-c4cn(CC5CCN(C(=O)C(C)SCc6ncc(-c7ccc(Cl)cc7)o6)CC5(F)F)nn4)cc3)c2n1. The van der Waals surface area contributed by atoms with Gasteiger partial charge in [0.15, 0.2) is 11.4 Å². The molecule has 2 amide bonds. The fourth-order valence-corrected chi connectivity index (χ4v) is 7.09. The van der Waals surface area contributed by atoms with Gasteiger partial charge in [-0.1, -0.05) is 28.9 Å². The van der Waals surface area contributed by atoms with Crippen LogP contribution in [-0.4, -0.2) is 75.6 Å². The van der Waals surface area contributed by atoms with Crippen molar-refractivity contribution in [3.63, 3.8) is 0 Å². The number of carbonyl (C=O) groups is 2. The van der Waals surface area contributed by atoms with Gasteiger partial charge in [-0.2, -0.15) is 5.10 Å². The summed E-state index contributed by atoms with van der Waals surface area (Å²) in [4.78, 5) is 36.2. The number of halogens is 3. The van der Waals surface area contributed by atoms with Crippen LogP contribution in [0.5, 0.6) is 0 Å². The first-order valence-electron chi connectivity index (χ1n) is 16.6. The molecule has 2 unspecified atom stereocenters. The zero-order valence-electron chi connectivity index (χ0n) is 28.5. The van der Waals surface area contributed by atoms with Gasteiger partial charge in [0.2, 0.25) is 11.8 Å². The summed E-state index contributed by atoms with van der Waals surface area (Å²) in [5, 5.41) is 15.5. The Balaban J connectivity index is 0.910. The Morgan fingerprint density at radius 2 is 1.85 bits per heavy atom. The third-order valence-electron chi connectivity index (χ3n) is 8.95. The average Bonchev–Trinajstić information content (AvgIpc) is 3.89. The number of benzene rings is 2. The Kier molecular flexibility index (Phi) is 9.81. The van der Waals surface area contributed by atoms with Gasteiger partial charge in [-0.25, -0.2) is 23.3 Å². The van der Waals surface area contributed by atoms with Crippen molar-refractivity contribution in [2.75, 3.05) is 18.4 Å². The number of carbonyl (C=O) groups excluding carboxylic acids is 2. The van der Waals surface area contributed by atoms with Crippen molar-refractivity contribution in [3.05, 3.63) is 101 Å².